The Morgan fingerprint density at radius 1 is 0.974 bits per heavy atom. The quantitative estimate of drug-likeness (QED) is 0.288. The molecule has 0 aliphatic carbocycles. The number of amides is 2. The fourth-order valence-electron chi connectivity index (χ4n) is 3.53. The third-order valence-corrected chi connectivity index (χ3v) is 6.94. The molecule has 0 fully saturated rings. The Hall–Kier alpha value is -4.18. The first-order chi connectivity index (χ1) is 18.0. The first-order valence-electron chi connectivity index (χ1n) is 12.0. The molecule has 0 saturated heterocycles. The van der Waals surface area contributed by atoms with E-state index in [2.05, 4.69) is 15.8 Å². The number of rotatable bonds is 11. The molecule has 0 aliphatic rings. The van der Waals surface area contributed by atoms with E-state index >= 15 is 0 Å². The highest BCUT2D eigenvalue weighted by Gasteiger charge is 2.21. The largest absolute Gasteiger partial charge is 0.484 e. The average Bonchev–Trinajstić information content (AvgIpc) is 2.88. The van der Waals surface area contributed by atoms with Crippen LogP contribution in [0.4, 0.5) is 5.69 Å². The second-order valence-corrected chi connectivity index (χ2v) is 10.8. The van der Waals surface area contributed by atoms with Crippen LogP contribution in [0.5, 0.6) is 5.75 Å². The van der Waals surface area contributed by atoms with Crippen LogP contribution in [0.2, 0.25) is 0 Å². The van der Waals surface area contributed by atoms with Crippen molar-refractivity contribution in [1.82, 2.24) is 10.7 Å². The number of carbonyl (C=O) groups excluding carboxylic acids is 2. The highest BCUT2D eigenvalue weighted by Crippen LogP contribution is 2.21. The maximum Gasteiger partial charge on any atom is 0.260 e. The van der Waals surface area contributed by atoms with E-state index in [1.165, 1.54) is 6.21 Å². The Morgan fingerprint density at radius 3 is 2.29 bits per heavy atom. The van der Waals surface area contributed by atoms with Gasteiger partial charge in [-0.15, -0.1) is 0 Å². The summed E-state index contributed by atoms with van der Waals surface area (Å²) in [6.07, 6.45) is 2.48. The average molecular weight is 537 g/mol. The lowest BCUT2D eigenvalue weighted by Crippen LogP contribution is -2.39. The molecule has 10 heteroatoms. The topological polar surface area (TPSA) is 117 Å². The number of aryl methyl sites for hydroxylation is 2. The predicted octanol–water partition coefficient (Wildman–Crippen LogP) is 3.48. The van der Waals surface area contributed by atoms with E-state index in [1.807, 2.05) is 57.2 Å². The van der Waals surface area contributed by atoms with Gasteiger partial charge in [0.2, 0.25) is 10.0 Å². The van der Waals surface area contributed by atoms with Crippen LogP contribution in [0.3, 0.4) is 0 Å². The maximum absolute atomic E-state index is 12.4. The number of sulfonamides is 1. The van der Waals surface area contributed by atoms with Crippen LogP contribution in [-0.4, -0.2) is 45.9 Å². The summed E-state index contributed by atoms with van der Waals surface area (Å²) in [5, 5.41) is 6.80. The molecule has 0 radical (unpaired) electrons. The van der Waals surface area contributed by atoms with E-state index in [9.17, 15) is 18.0 Å². The van der Waals surface area contributed by atoms with E-state index in [1.54, 1.807) is 36.4 Å². The molecule has 0 saturated carbocycles. The lowest BCUT2D eigenvalue weighted by molar-refractivity contribution is -0.123. The van der Waals surface area contributed by atoms with Crippen LogP contribution in [0, 0.1) is 13.8 Å². The maximum atomic E-state index is 12.4. The lowest BCUT2D eigenvalue weighted by atomic mass is 10.1. The summed E-state index contributed by atoms with van der Waals surface area (Å²) < 4.78 is 31.1. The monoisotopic (exact) mass is 536 g/mol. The van der Waals surface area contributed by atoms with Gasteiger partial charge < -0.3 is 10.1 Å². The molecule has 0 spiro atoms. The normalized spacial score (nSPS) is 12.1. The Kier molecular flexibility index (Phi) is 9.61. The molecule has 3 aromatic carbocycles. The third kappa shape index (κ3) is 8.45. The van der Waals surface area contributed by atoms with Crippen molar-refractivity contribution in [2.45, 2.75) is 26.8 Å². The first-order valence-corrected chi connectivity index (χ1v) is 13.8. The summed E-state index contributed by atoms with van der Waals surface area (Å²) in [6.45, 7) is 5.17. The fraction of sp³-hybridized carbons (Fsp3) is 0.250. The molecule has 0 heterocycles. The van der Waals surface area contributed by atoms with Crippen LogP contribution in [0.1, 0.15) is 35.2 Å². The van der Waals surface area contributed by atoms with E-state index in [-0.39, 0.29) is 18.6 Å². The first kappa shape index (κ1) is 28.4. The van der Waals surface area contributed by atoms with Crippen LogP contribution in [0.15, 0.2) is 77.9 Å². The minimum Gasteiger partial charge on any atom is -0.484 e. The predicted molar refractivity (Wildman–Crippen MR) is 149 cm³/mol. The Bertz CT molecular complexity index is 1390. The number of hydrogen-bond donors (Lipinski definition) is 2. The Balaban J connectivity index is 1.49. The summed E-state index contributed by atoms with van der Waals surface area (Å²) in [5.74, 6) is -0.315. The molecule has 3 aromatic rings. The van der Waals surface area contributed by atoms with Crippen molar-refractivity contribution in [3.63, 3.8) is 0 Å². The van der Waals surface area contributed by atoms with E-state index < -0.39 is 22.5 Å². The molecule has 2 N–H and O–H groups in total. The van der Waals surface area contributed by atoms with Gasteiger partial charge in [0.05, 0.1) is 24.2 Å². The minimum absolute atomic E-state index is 0.127. The van der Waals surface area contributed by atoms with Crippen molar-refractivity contribution >= 4 is 33.7 Å². The number of carbonyl (C=O) groups is 2. The zero-order valence-corrected chi connectivity index (χ0v) is 22.7. The van der Waals surface area contributed by atoms with Gasteiger partial charge >= 0.3 is 0 Å². The fourth-order valence-corrected chi connectivity index (χ4v) is 4.38. The van der Waals surface area contributed by atoms with Gasteiger partial charge in [-0.2, -0.15) is 5.10 Å². The molecule has 3 rings (SSSR count). The molecule has 1 atom stereocenters. The van der Waals surface area contributed by atoms with Gasteiger partial charge in [-0.05, 0) is 79.4 Å². The van der Waals surface area contributed by atoms with Crippen molar-refractivity contribution < 1.29 is 22.7 Å². The van der Waals surface area contributed by atoms with Gasteiger partial charge in [-0.1, -0.05) is 36.4 Å². The molecule has 0 bridgehead atoms. The molecular weight excluding hydrogens is 504 g/mol. The van der Waals surface area contributed by atoms with Crippen LogP contribution in [-0.2, 0) is 19.6 Å². The summed E-state index contributed by atoms with van der Waals surface area (Å²) >= 11 is 0. The summed E-state index contributed by atoms with van der Waals surface area (Å²) in [5.41, 5.74) is 6.39. The Labute approximate surface area is 223 Å². The second-order valence-electron chi connectivity index (χ2n) is 8.89. The van der Waals surface area contributed by atoms with Crippen molar-refractivity contribution in [2.75, 3.05) is 23.7 Å². The molecule has 0 aliphatic heterocycles. The molecule has 200 valence electrons. The number of nitrogens with zero attached hydrogens (tertiary/aromatic N) is 2. The van der Waals surface area contributed by atoms with Crippen molar-refractivity contribution in [1.29, 1.82) is 0 Å². The van der Waals surface area contributed by atoms with Crippen LogP contribution < -0.4 is 19.8 Å². The minimum atomic E-state index is -3.68. The van der Waals surface area contributed by atoms with Crippen LogP contribution >= 0.6 is 0 Å². The summed E-state index contributed by atoms with van der Waals surface area (Å²) in [4.78, 5) is 24.6. The zero-order chi connectivity index (χ0) is 27.7. The number of nitrogens with one attached hydrogen (secondary N) is 2. The van der Waals surface area contributed by atoms with E-state index in [0.29, 0.717) is 17.0 Å². The number of ether oxygens (including phenoxy) is 1. The molecule has 2 amide bonds. The lowest BCUT2D eigenvalue weighted by Gasteiger charge is -2.22. The van der Waals surface area contributed by atoms with Crippen molar-refractivity contribution in [3.05, 3.63) is 95.1 Å². The van der Waals surface area contributed by atoms with Gasteiger partial charge in [0.25, 0.3) is 11.8 Å². The molecule has 0 unspecified atom stereocenters. The van der Waals surface area contributed by atoms with Gasteiger partial charge in [0.1, 0.15) is 12.3 Å². The van der Waals surface area contributed by atoms with Gasteiger partial charge in [0, 0.05) is 0 Å². The van der Waals surface area contributed by atoms with Gasteiger partial charge in [-0.25, -0.2) is 13.8 Å². The second kappa shape index (κ2) is 12.9. The SMILES string of the molecule is Cc1ccc(N(CC(=O)N/N=C\c2ccc(OCC(=O)N[C@@H](C)c3ccccc3)cc2)S(C)(=O)=O)cc1C. The van der Waals surface area contributed by atoms with E-state index in [0.717, 1.165) is 27.3 Å². The summed E-state index contributed by atoms with van der Waals surface area (Å²) in [7, 11) is -3.68. The zero-order valence-electron chi connectivity index (χ0n) is 21.8. The van der Waals surface area contributed by atoms with E-state index in [4.69, 9.17) is 4.74 Å². The highest BCUT2D eigenvalue weighted by atomic mass is 32.2. The molecule has 9 nitrogen and oxygen atoms in total. The number of benzene rings is 3. The standard InChI is InChI=1S/C28H32N4O5S/c1-20-10-13-25(16-21(20)2)32(38(4,35)36)18-27(33)31-29-17-23-11-14-26(15-12-23)37-19-28(34)30-22(3)24-8-6-5-7-9-24/h5-17,22H,18-19H2,1-4H3,(H,30,34)(H,31,33)/b29-17-/t22-/m0/s1. The van der Waals surface area contributed by atoms with Gasteiger partial charge in [0.15, 0.2) is 6.61 Å². The van der Waals surface area contributed by atoms with Crippen molar-refractivity contribution in [3.8, 4) is 5.75 Å². The van der Waals surface area contributed by atoms with Gasteiger partial charge in [-0.3, -0.25) is 13.9 Å². The number of hydrogen-bond acceptors (Lipinski definition) is 6. The number of anilines is 1. The smallest absolute Gasteiger partial charge is 0.260 e. The highest BCUT2D eigenvalue weighted by molar-refractivity contribution is 7.92. The third-order valence-electron chi connectivity index (χ3n) is 5.80. The Morgan fingerprint density at radius 2 is 1.66 bits per heavy atom. The molecule has 0 aromatic heterocycles. The molecular formula is C28H32N4O5S. The van der Waals surface area contributed by atoms with Crippen LogP contribution in [0.25, 0.3) is 0 Å². The number of hydrazone groups is 1. The molecule has 38 heavy (non-hydrogen) atoms. The summed E-state index contributed by atoms with van der Waals surface area (Å²) in [6, 6.07) is 21.5. The van der Waals surface area contributed by atoms with Crippen molar-refractivity contribution in [2.24, 2.45) is 5.10 Å².